The minimum atomic E-state index is -1.00. The molecule has 1 unspecified atom stereocenters. The molecular formula is C23H26N6O4S. The van der Waals surface area contributed by atoms with Gasteiger partial charge in [0.05, 0.1) is 23.1 Å². The number of Topliss-reactive ketones (excluding diaryl/α,β-unsaturated/α-hetero) is 1. The van der Waals surface area contributed by atoms with E-state index >= 15 is 0 Å². The highest BCUT2D eigenvalue weighted by atomic mass is 32.1. The van der Waals surface area contributed by atoms with Crippen molar-refractivity contribution >= 4 is 28.2 Å². The highest BCUT2D eigenvalue weighted by Gasteiger charge is 2.43. The van der Waals surface area contributed by atoms with Gasteiger partial charge in [0.1, 0.15) is 11.4 Å². The van der Waals surface area contributed by atoms with Crippen molar-refractivity contribution in [3.8, 4) is 16.5 Å². The molecule has 1 saturated heterocycles. The molecule has 1 spiro atoms. The minimum Gasteiger partial charge on any atom is -0.486 e. The molecule has 34 heavy (non-hydrogen) atoms. The summed E-state index contributed by atoms with van der Waals surface area (Å²) in [5.41, 5.74) is -0.377. The van der Waals surface area contributed by atoms with Crippen molar-refractivity contribution in [1.82, 2.24) is 25.2 Å². The molecule has 2 aliphatic rings. The van der Waals surface area contributed by atoms with Gasteiger partial charge in [0.2, 0.25) is 5.82 Å². The van der Waals surface area contributed by atoms with E-state index in [1.54, 1.807) is 6.20 Å². The summed E-state index contributed by atoms with van der Waals surface area (Å²) in [5.74, 6) is 0.156. The standard InChI is InChI=1S/C23H26N6O4S/c1-22(2,3)18(20(31)32)29-26-19(25-27-29)17-13-24-21(34-17)28-10-8-23(9-11-28)12-15(30)14-6-4-5-7-16(14)33-23/h4-7,13,18H,8-12H2,1-3H3,(H,31,32). The number of ether oxygens (including phenoxy) is 1. The Morgan fingerprint density at radius 1 is 1.24 bits per heavy atom. The molecule has 1 aromatic carbocycles. The number of aliphatic carboxylic acids is 1. The highest BCUT2D eigenvalue weighted by Crippen LogP contribution is 2.41. The van der Waals surface area contributed by atoms with E-state index < -0.39 is 23.0 Å². The summed E-state index contributed by atoms with van der Waals surface area (Å²) in [7, 11) is 0. The average Bonchev–Trinajstić information content (AvgIpc) is 3.43. The number of aromatic nitrogens is 5. The van der Waals surface area contributed by atoms with Crippen LogP contribution in [0.1, 0.15) is 56.4 Å². The van der Waals surface area contributed by atoms with Crippen LogP contribution in [0, 0.1) is 5.41 Å². The predicted molar refractivity (Wildman–Crippen MR) is 125 cm³/mol. The summed E-state index contributed by atoms with van der Waals surface area (Å²) in [5, 5.41) is 22.8. The van der Waals surface area contributed by atoms with E-state index in [4.69, 9.17) is 4.74 Å². The van der Waals surface area contributed by atoms with Crippen LogP contribution < -0.4 is 9.64 Å². The number of tetrazole rings is 1. The van der Waals surface area contributed by atoms with Crippen molar-refractivity contribution in [2.45, 2.75) is 51.7 Å². The second-order valence-electron chi connectivity index (χ2n) is 9.92. The first-order valence-corrected chi connectivity index (χ1v) is 12.0. The third-order valence-corrected chi connectivity index (χ3v) is 7.42. The number of rotatable bonds is 4. The molecule has 2 aromatic heterocycles. The molecule has 11 heteroatoms. The second kappa shape index (κ2) is 8.15. The smallest absolute Gasteiger partial charge is 0.331 e. The fourth-order valence-electron chi connectivity index (χ4n) is 4.59. The summed E-state index contributed by atoms with van der Waals surface area (Å²) in [6.07, 6.45) is 3.53. The molecule has 0 radical (unpaired) electrons. The van der Waals surface area contributed by atoms with Crippen LogP contribution >= 0.6 is 11.3 Å². The van der Waals surface area contributed by atoms with E-state index in [1.165, 1.54) is 11.3 Å². The SMILES string of the molecule is CC(C)(C)C(C(=O)O)n1nnc(-c2cnc(N3CCC4(CC3)CC(=O)c3ccccc3O4)s2)n1. The molecular weight excluding hydrogens is 456 g/mol. The maximum atomic E-state index is 12.7. The van der Waals surface area contributed by atoms with Crippen LogP contribution in [-0.4, -0.2) is 60.7 Å². The Bertz CT molecular complexity index is 1240. The molecule has 178 valence electrons. The number of ketones is 1. The van der Waals surface area contributed by atoms with E-state index in [0.29, 0.717) is 36.6 Å². The Hall–Kier alpha value is -3.34. The Kier molecular flexibility index (Phi) is 5.38. The zero-order chi connectivity index (χ0) is 24.1. The zero-order valence-corrected chi connectivity index (χ0v) is 20.1. The predicted octanol–water partition coefficient (Wildman–Crippen LogP) is 3.47. The van der Waals surface area contributed by atoms with Crippen LogP contribution in [-0.2, 0) is 4.79 Å². The highest BCUT2D eigenvalue weighted by molar-refractivity contribution is 7.18. The Morgan fingerprint density at radius 2 is 1.97 bits per heavy atom. The second-order valence-corrected chi connectivity index (χ2v) is 10.9. The Morgan fingerprint density at radius 3 is 2.68 bits per heavy atom. The fraction of sp³-hybridized carbons (Fsp3) is 0.478. The molecule has 0 bridgehead atoms. The maximum Gasteiger partial charge on any atom is 0.331 e. The molecule has 1 atom stereocenters. The summed E-state index contributed by atoms with van der Waals surface area (Å²) in [4.78, 5) is 33.0. The third-order valence-electron chi connectivity index (χ3n) is 6.37. The van der Waals surface area contributed by atoms with Gasteiger partial charge in [-0.05, 0) is 22.8 Å². The topological polar surface area (TPSA) is 123 Å². The van der Waals surface area contributed by atoms with Gasteiger partial charge in [-0.1, -0.05) is 44.2 Å². The molecule has 1 fully saturated rings. The number of carboxylic acid groups (broad SMARTS) is 1. The van der Waals surface area contributed by atoms with Crippen molar-refractivity contribution < 1.29 is 19.4 Å². The number of carboxylic acids is 1. The van der Waals surface area contributed by atoms with Crippen molar-refractivity contribution in [3.05, 3.63) is 36.0 Å². The van der Waals surface area contributed by atoms with Crippen LogP contribution in [0.15, 0.2) is 30.5 Å². The van der Waals surface area contributed by atoms with Crippen LogP contribution in [0.4, 0.5) is 5.13 Å². The fourth-order valence-corrected chi connectivity index (χ4v) is 5.48. The summed E-state index contributed by atoms with van der Waals surface area (Å²) in [6.45, 7) is 6.90. The van der Waals surface area contributed by atoms with Gasteiger partial charge in [0.15, 0.2) is 17.0 Å². The van der Waals surface area contributed by atoms with Crippen molar-refractivity contribution in [3.63, 3.8) is 0 Å². The lowest BCUT2D eigenvalue weighted by Gasteiger charge is -2.43. The van der Waals surface area contributed by atoms with Gasteiger partial charge >= 0.3 is 5.97 Å². The lowest BCUT2D eigenvalue weighted by molar-refractivity contribution is -0.145. The molecule has 10 nitrogen and oxygen atoms in total. The Balaban J connectivity index is 1.29. The summed E-state index contributed by atoms with van der Waals surface area (Å²) < 4.78 is 6.32. The number of carbonyl (C=O) groups excluding carboxylic acids is 1. The minimum absolute atomic E-state index is 0.135. The van der Waals surface area contributed by atoms with Crippen LogP contribution in [0.3, 0.4) is 0 Å². The van der Waals surface area contributed by atoms with E-state index in [1.807, 2.05) is 45.0 Å². The van der Waals surface area contributed by atoms with E-state index in [0.717, 1.165) is 27.6 Å². The number of fused-ring (bicyclic) bond motifs is 1. The normalized spacial score (nSPS) is 18.4. The van der Waals surface area contributed by atoms with Gasteiger partial charge in [0.25, 0.3) is 0 Å². The largest absolute Gasteiger partial charge is 0.486 e. The van der Waals surface area contributed by atoms with E-state index in [9.17, 15) is 14.7 Å². The zero-order valence-electron chi connectivity index (χ0n) is 19.3. The van der Waals surface area contributed by atoms with E-state index in [-0.39, 0.29) is 5.78 Å². The molecule has 2 aliphatic heterocycles. The number of para-hydroxylation sites is 1. The average molecular weight is 483 g/mol. The number of hydrogen-bond acceptors (Lipinski definition) is 9. The van der Waals surface area contributed by atoms with Crippen molar-refractivity contribution in [2.24, 2.45) is 5.41 Å². The molecule has 0 aliphatic carbocycles. The van der Waals surface area contributed by atoms with Gasteiger partial charge < -0.3 is 14.7 Å². The van der Waals surface area contributed by atoms with Gasteiger partial charge in [-0.3, -0.25) is 4.79 Å². The number of anilines is 1. The van der Waals surface area contributed by atoms with Gasteiger partial charge in [-0.15, -0.1) is 15.0 Å². The van der Waals surface area contributed by atoms with Crippen LogP contribution in [0.5, 0.6) is 5.75 Å². The first kappa shape index (κ1) is 22.5. The maximum absolute atomic E-state index is 12.7. The number of carbonyl (C=O) groups is 2. The number of piperidine rings is 1. The molecule has 3 aromatic rings. The summed E-state index contributed by atoms with van der Waals surface area (Å²) >= 11 is 1.44. The summed E-state index contributed by atoms with van der Waals surface area (Å²) in [6, 6.07) is 6.51. The first-order valence-electron chi connectivity index (χ1n) is 11.2. The lowest BCUT2D eigenvalue weighted by atomic mass is 9.82. The monoisotopic (exact) mass is 482 g/mol. The number of hydrogen-bond donors (Lipinski definition) is 1. The van der Waals surface area contributed by atoms with Crippen LogP contribution in [0.2, 0.25) is 0 Å². The molecule has 0 amide bonds. The number of nitrogens with zero attached hydrogens (tertiary/aromatic N) is 6. The van der Waals surface area contributed by atoms with Gasteiger partial charge in [-0.2, -0.15) is 0 Å². The van der Waals surface area contributed by atoms with Gasteiger partial charge in [0, 0.05) is 25.9 Å². The van der Waals surface area contributed by atoms with Crippen molar-refractivity contribution in [1.29, 1.82) is 0 Å². The van der Waals surface area contributed by atoms with Crippen LogP contribution in [0.25, 0.3) is 10.7 Å². The number of thiazole rings is 1. The first-order chi connectivity index (χ1) is 16.2. The molecule has 4 heterocycles. The quantitative estimate of drug-likeness (QED) is 0.595. The molecule has 5 rings (SSSR count). The van der Waals surface area contributed by atoms with Gasteiger partial charge in [-0.25, -0.2) is 9.78 Å². The third kappa shape index (κ3) is 4.04. The number of benzene rings is 1. The van der Waals surface area contributed by atoms with Crippen molar-refractivity contribution in [2.75, 3.05) is 18.0 Å². The van der Waals surface area contributed by atoms with E-state index in [2.05, 4.69) is 25.3 Å². The lowest BCUT2D eigenvalue weighted by Crippen LogP contribution is -2.51. The molecule has 0 saturated carbocycles. The Labute approximate surface area is 200 Å². The molecule has 1 N–H and O–H groups in total.